The molecule has 0 saturated carbocycles. The Hall–Kier alpha value is -0.000000000000000111. The Balaban J connectivity index is 2.59. The first kappa shape index (κ1) is 11.5. The smallest absolute Gasteiger partial charge is 0.209 e. The van der Waals surface area contributed by atoms with Crippen LogP contribution in [0.3, 0.4) is 0 Å². The number of alkyl halides is 3. The highest BCUT2D eigenvalue weighted by atomic mass is 79.9. The summed E-state index contributed by atoms with van der Waals surface area (Å²) in [5.41, 5.74) is 0.659. The largest absolute Gasteiger partial charge is 0.255 e. The molecule has 0 spiro atoms. The monoisotopic (exact) mass is 354 g/mol. The molecule has 0 saturated heterocycles. The molecule has 1 atom stereocenters. The summed E-state index contributed by atoms with van der Waals surface area (Å²) >= 11 is 7.90. The fraction of sp³-hybridized carbons (Fsp3) is 0.200. The minimum Gasteiger partial charge on any atom is -0.209 e. The van der Waals surface area contributed by atoms with Crippen molar-refractivity contribution in [2.45, 2.75) is 11.3 Å². The van der Waals surface area contributed by atoms with E-state index in [0.717, 1.165) is 14.6 Å². The highest BCUT2D eigenvalue weighted by Gasteiger charge is 2.22. The standard InChI is InChI=1S/C10H6Br2F2S/c11-7-3-1-2-5-6(4-15-9(5)7)8(12)10(13)14/h1-4,8,10H. The summed E-state index contributed by atoms with van der Waals surface area (Å²) in [7, 11) is 0. The van der Waals surface area contributed by atoms with Crippen LogP contribution in [0, 0.1) is 0 Å². The molecule has 0 bridgehead atoms. The van der Waals surface area contributed by atoms with Gasteiger partial charge in [-0.1, -0.05) is 28.1 Å². The number of hydrogen-bond acceptors (Lipinski definition) is 1. The minimum absolute atomic E-state index is 0.659. The second kappa shape index (κ2) is 4.47. The second-order valence-electron chi connectivity index (χ2n) is 3.04. The van der Waals surface area contributed by atoms with Gasteiger partial charge in [0.25, 0.3) is 6.43 Å². The maximum Gasteiger partial charge on any atom is 0.255 e. The van der Waals surface area contributed by atoms with E-state index in [1.807, 2.05) is 18.2 Å². The van der Waals surface area contributed by atoms with Gasteiger partial charge in [0.15, 0.2) is 0 Å². The average molecular weight is 356 g/mol. The van der Waals surface area contributed by atoms with Crippen LogP contribution in [0.2, 0.25) is 0 Å². The Kier molecular flexibility index (Phi) is 3.42. The molecule has 15 heavy (non-hydrogen) atoms. The molecule has 1 unspecified atom stereocenters. The third-order valence-electron chi connectivity index (χ3n) is 2.10. The van der Waals surface area contributed by atoms with Crippen molar-refractivity contribution >= 4 is 53.3 Å². The Labute approximate surface area is 107 Å². The van der Waals surface area contributed by atoms with E-state index >= 15 is 0 Å². The van der Waals surface area contributed by atoms with Gasteiger partial charge < -0.3 is 0 Å². The van der Waals surface area contributed by atoms with Crippen LogP contribution in [0.15, 0.2) is 28.1 Å². The molecule has 0 radical (unpaired) electrons. The quantitative estimate of drug-likeness (QED) is 0.635. The van der Waals surface area contributed by atoms with Gasteiger partial charge in [0.05, 0.1) is 0 Å². The zero-order valence-electron chi connectivity index (χ0n) is 7.38. The minimum atomic E-state index is -2.39. The number of benzene rings is 1. The molecule has 0 amide bonds. The van der Waals surface area contributed by atoms with Crippen molar-refractivity contribution in [3.8, 4) is 0 Å². The maximum absolute atomic E-state index is 12.6. The summed E-state index contributed by atoms with van der Waals surface area (Å²) in [4.78, 5) is -0.888. The van der Waals surface area contributed by atoms with Crippen molar-refractivity contribution in [2.75, 3.05) is 0 Å². The summed E-state index contributed by atoms with van der Waals surface area (Å²) in [6.07, 6.45) is -2.39. The van der Waals surface area contributed by atoms with E-state index in [2.05, 4.69) is 31.9 Å². The summed E-state index contributed by atoms with van der Waals surface area (Å²) < 4.78 is 27.1. The number of thiophene rings is 1. The van der Waals surface area contributed by atoms with Gasteiger partial charge >= 0.3 is 0 Å². The summed E-state index contributed by atoms with van der Waals surface area (Å²) in [6.45, 7) is 0. The van der Waals surface area contributed by atoms with Crippen molar-refractivity contribution in [3.05, 3.63) is 33.6 Å². The average Bonchev–Trinajstić information content (AvgIpc) is 2.61. The second-order valence-corrected chi connectivity index (χ2v) is 5.76. The lowest BCUT2D eigenvalue weighted by atomic mass is 10.1. The molecular weight excluding hydrogens is 350 g/mol. The predicted molar refractivity (Wildman–Crippen MR) is 67.2 cm³/mol. The van der Waals surface area contributed by atoms with E-state index in [1.165, 1.54) is 11.3 Å². The highest BCUT2D eigenvalue weighted by molar-refractivity contribution is 9.10. The molecule has 5 heteroatoms. The molecule has 0 aliphatic heterocycles. The number of fused-ring (bicyclic) bond motifs is 1. The fourth-order valence-corrected chi connectivity index (χ4v) is 3.60. The van der Waals surface area contributed by atoms with Crippen molar-refractivity contribution in [1.82, 2.24) is 0 Å². The van der Waals surface area contributed by atoms with Crippen LogP contribution in [0.25, 0.3) is 10.1 Å². The van der Waals surface area contributed by atoms with Crippen molar-refractivity contribution in [1.29, 1.82) is 0 Å². The van der Waals surface area contributed by atoms with Crippen molar-refractivity contribution < 1.29 is 8.78 Å². The predicted octanol–water partition coefficient (Wildman–Crippen LogP) is 5.36. The highest BCUT2D eigenvalue weighted by Crippen LogP contribution is 2.40. The Morgan fingerprint density at radius 3 is 2.67 bits per heavy atom. The molecule has 2 rings (SSSR count). The van der Waals surface area contributed by atoms with Crippen LogP contribution in [0.5, 0.6) is 0 Å². The maximum atomic E-state index is 12.6. The normalized spacial score (nSPS) is 13.7. The molecule has 0 N–H and O–H groups in total. The van der Waals surface area contributed by atoms with Crippen LogP contribution in [0.4, 0.5) is 8.78 Å². The van der Waals surface area contributed by atoms with E-state index in [1.54, 1.807) is 5.38 Å². The zero-order valence-corrected chi connectivity index (χ0v) is 11.4. The molecule has 80 valence electrons. The van der Waals surface area contributed by atoms with Gasteiger partial charge in [-0.3, -0.25) is 0 Å². The van der Waals surface area contributed by atoms with Gasteiger partial charge in [0.2, 0.25) is 0 Å². The third kappa shape index (κ3) is 2.10. The van der Waals surface area contributed by atoms with Crippen molar-refractivity contribution in [2.24, 2.45) is 0 Å². The van der Waals surface area contributed by atoms with Gasteiger partial charge in [0, 0.05) is 9.17 Å². The van der Waals surface area contributed by atoms with Gasteiger partial charge in [0.1, 0.15) is 4.83 Å². The molecule has 0 nitrogen and oxygen atoms in total. The lowest BCUT2D eigenvalue weighted by Gasteiger charge is -2.07. The number of halogens is 4. The van der Waals surface area contributed by atoms with Crippen LogP contribution >= 0.6 is 43.2 Å². The molecule has 0 fully saturated rings. The number of rotatable bonds is 2. The first-order chi connectivity index (χ1) is 7.11. The van der Waals surface area contributed by atoms with E-state index in [0.29, 0.717) is 5.56 Å². The van der Waals surface area contributed by atoms with Gasteiger partial charge in [-0.05, 0) is 38.3 Å². The van der Waals surface area contributed by atoms with E-state index < -0.39 is 11.3 Å². The van der Waals surface area contributed by atoms with Crippen LogP contribution in [-0.2, 0) is 0 Å². The summed E-state index contributed by atoms with van der Waals surface area (Å²) in [6, 6.07) is 5.63. The first-order valence-corrected chi connectivity index (χ1v) is 6.78. The van der Waals surface area contributed by atoms with Crippen LogP contribution in [0.1, 0.15) is 10.4 Å². The Morgan fingerprint density at radius 1 is 1.27 bits per heavy atom. The van der Waals surface area contributed by atoms with E-state index in [-0.39, 0.29) is 0 Å². The molecule has 0 aliphatic rings. The van der Waals surface area contributed by atoms with Crippen LogP contribution < -0.4 is 0 Å². The van der Waals surface area contributed by atoms with Gasteiger partial charge in [-0.25, -0.2) is 8.78 Å². The third-order valence-corrected chi connectivity index (χ3v) is 4.96. The molecule has 1 heterocycles. The molecule has 2 aromatic rings. The van der Waals surface area contributed by atoms with E-state index in [4.69, 9.17) is 0 Å². The first-order valence-electron chi connectivity index (χ1n) is 4.19. The van der Waals surface area contributed by atoms with Crippen molar-refractivity contribution in [3.63, 3.8) is 0 Å². The summed E-state index contributed by atoms with van der Waals surface area (Å²) in [5.74, 6) is 0. The van der Waals surface area contributed by atoms with Crippen LogP contribution in [-0.4, -0.2) is 6.43 Å². The Bertz CT molecular complexity index is 481. The lowest BCUT2D eigenvalue weighted by molar-refractivity contribution is 0.148. The SMILES string of the molecule is FC(F)C(Br)c1csc2c(Br)cccc12. The lowest BCUT2D eigenvalue weighted by Crippen LogP contribution is -1.99. The number of hydrogen-bond donors (Lipinski definition) is 0. The Morgan fingerprint density at radius 2 is 2.00 bits per heavy atom. The van der Waals surface area contributed by atoms with Gasteiger partial charge in [-0.2, -0.15) is 0 Å². The van der Waals surface area contributed by atoms with Gasteiger partial charge in [-0.15, -0.1) is 11.3 Å². The summed E-state index contributed by atoms with van der Waals surface area (Å²) in [5, 5.41) is 2.66. The molecule has 0 aliphatic carbocycles. The topological polar surface area (TPSA) is 0 Å². The molecular formula is C10H6Br2F2S. The van der Waals surface area contributed by atoms with E-state index in [9.17, 15) is 8.78 Å². The fourth-order valence-electron chi connectivity index (χ4n) is 1.39. The molecule has 1 aromatic heterocycles. The zero-order chi connectivity index (χ0) is 11.0. The molecule has 1 aromatic carbocycles.